The predicted molar refractivity (Wildman–Crippen MR) is 87.2 cm³/mol. The van der Waals surface area contributed by atoms with Gasteiger partial charge in [0.2, 0.25) is 0 Å². The number of carbonyl (C=O) groups excluding carboxylic acids is 2. The molecule has 5 heteroatoms. The van der Waals surface area contributed by atoms with Crippen LogP contribution in [0.2, 0.25) is 0 Å². The second kappa shape index (κ2) is 6.94. The zero-order valence-corrected chi connectivity index (χ0v) is 13.4. The maximum atomic E-state index is 12.5. The van der Waals surface area contributed by atoms with Crippen LogP contribution in [-0.2, 0) is 14.3 Å². The number of hydrogen-bond donors (Lipinski definition) is 0. The van der Waals surface area contributed by atoms with Gasteiger partial charge in [0.15, 0.2) is 0 Å². The molecule has 2 aliphatic rings. The molecule has 2 unspecified atom stereocenters. The molecule has 0 radical (unpaired) electrons. The van der Waals surface area contributed by atoms with E-state index in [-0.39, 0.29) is 18.3 Å². The number of piperidine rings is 1. The van der Waals surface area contributed by atoms with Crippen LogP contribution in [0.5, 0.6) is 0 Å². The van der Waals surface area contributed by atoms with Crippen LogP contribution in [0.15, 0.2) is 35.3 Å². The van der Waals surface area contributed by atoms with Crippen LogP contribution in [-0.4, -0.2) is 41.8 Å². The van der Waals surface area contributed by atoms with Crippen LogP contribution in [0.1, 0.15) is 44.1 Å². The van der Waals surface area contributed by atoms with Crippen LogP contribution in [0.3, 0.4) is 0 Å². The molecule has 0 saturated carbocycles. The lowest BCUT2D eigenvalue weighted by atomic mass is 9.90. The smallest absolute Gasteiger partial charge is 0.305 e. The first-order valence-corrected chi connectivity index (χ1v) is 8.27. The Hall–Kier alpha value is -2.17. The summed E-state index contributed by atoms with van der Waals surface area (Å²) >= 11 is 0. The summed E-state index contributed by atoms with van der Waals surface area (Å²) in [4.78, 5) is 30.4. The Morgan fingerprint density at radius 2 is 2.13 bits per heavy atom. The Labute approximate surface area is 136 Å². The molecule has 5 nitrogen and oxygen atoms in total. The van der Waals surface area contributed by atoms with E-state index in [2.05, 4.69) is 17.1 Å². The molecule has 1 amide bonds. The van der Waals surface area contributed by atoms with Gasteiger partial charge >= 0.3 is 5.97 Å². The first kappa shape index (κ1) is 15.7. The monoisotopic (exact) mass is 314 g/mol. The molecule has 2 aliphatic heterocycles. The molecule has 0 aliphatic carbocycles. The van der Waals surface area contributed by atoms with Gasteiger partial charge < -0.3 is 4.74 Å². The van der Waals surface area contributed by atoms with Gasteiger partial charge in [-0.05, 0) is 25.3 Å². The highest BCUT2D eigenvalue weighted by molar-refractivity contribution is 6.06. The zero-order valence-electron chi connectivity index (χ0n) is 13.4. The fourth-order valence-electron chi connectivity index (χ4n) is 3.29. The van der Waals surface area contributed by atoms with Crippen molar-refractivity contribution in [1.82, 2.24) is 4.90 Å². The summed E-state index contributed by atoms with van der Waals surface area (Å²) in [6.07, 6.45) is 2.52. The third kappa shape index (κ3) is 3.44. The molecule has 2 atom stereocenters. The normalized spacial score (nSPS) is 23.4. The third-order valence-corrected chi connectivity index (χ3v) is 4.49. The Bertz CT molecular complexity index is 612. The lowest BCUT2D eigenvalue weighted by molar-refractivity contribution is -0.143. The van der Waals surface area contributed by atoms with Crippen LogP contribution in [0, 0.1) is 0 Å². The quantitative estimate of drug-likeness (QED) is 0.785. The minimum Gasteiger partial charge on any atom is -0.466 e. The highest BCUT2D eigenvalue weighted by Gasteiger charge is 2.38. The maximum absolute atomic E-state index is 12.5. The fraction of sp³-hybridized carbons (Fsp3) is 0.500. The van der Waals surface area contributed by atoms with E-state index in [9.17, 15) is 9.59 Å². The molecule has 0 spiro atoms. The molecule has 1 saturated heterocycles. The number of nitrogens with zero attached hydrogens (tertiary/aromatic N) is 2. The fourth-order valence-corrected chi connectivity index (χ4v) is 3.29. The number of amides is 1. The van der Waals surface area contributed by atoms with E-state index in [1.54, 1.807) is 6.92 Å². The van der Waals surface area contributed by atoms with Crippen molar-refractivity contribution in [2.45, 2.75) is 44.6 Å². The van der Waals surface area contributed by atoms with Crippen molar-refractivity contribution in [3.8, 4) is 0 Å². The number of carbonyl (C=O) groups is 2. The minimum atomic E-state index is -0.413. The number of esters is 1. The van der Waals surface area contributed by atoms with Crippen LogP contribution >= 0.6 is 0 Å². The first-order chi connectivity index (χ1) is 11.2. The van der Waals surface area contributed by atoms with Crippen molar-refractivity contribution >= 4 is 17.7 Å². The third-order valence-electron chi connectivity index (χ3n) is 4.49. The molecule has 0 bridgehead atoms. The molecule has 2 heterocycles. The zero-order chi connectivity index (χ0) is 16.2. The second-order valence-corrected chi connectivity index (χ2v) is 6.00. The van der Waals surface area contributed by atoms with Crippen molar-refractivity contribution in [2.24, 2.45) is 4.99 Å². The van der Waals surface area contributed by atoms with Crippen molar-refractivity contribution in [3.63, 3.8) is 0 Å². The van der Waals surface area contributed by atoms with Crippen molar-refractivity contribution in [2.75, 3.05) is 13.2 Å². The molecule has 1 aromatic carbocycles. The molecule has 122 valence electrons. The Balaban J connectivity index is 1.61. The van der Waals surface area contributed by atoms with Crippen LogP contribution in [0.4, 0.5) is 0 Å². The van der Waals surface area contributed by atoms with Gasteiger partial charge in [0.05, 0.1) is 6.61 Å². The standard InChI is InChI=1S/C18H22N2O3/c1-2-23-17(21)11-9-15-18(22)20-12-14(8-10-16(20)19-15)13-6-4-3-5-7-13/h3-7,14-15H,2,8-12H2,1H3. The first-order valence-electron chi connectivity index (χ1n) is 8.27. The topological polar surface area (TPSA) is 59.0 Å². The number of benzene rings is 1. The van der Waals surface area contributed by atoms with E-state index in [0.29, 0.717) is 25.5 Å². The molecule has 1 aromatic rings. The molecule has 0 N–H and O–H groups in total. The van der Waals surface area contributed by atoms with E-state index in [1.807, 2.05) is 23.1 Å². The SMILES string of the molecule is CCOC(=O)CCC1N=C2CCC(c3ccccc3)CN2C1=O. The van der Waals surface area contributed by atoms with Crippen LogP contribution < -0.4 is 0 Å². The number of rotatable bonds is 5. The summed E-state index contributed by atoms with van der Waals surface area (Å²) in [6.45, 7) is 2.84. The second-order valence-electron chi connectivity index (χ2n) is 6.00. The summed E-state index contributed by atoms with van der Waals surface area (Å²) in [7, 11) is 0. The van der Waals surface area contributed by atoms with E-state index < -0.39 is 6.04 Å². The van der Waals surface area contributed by atoms with Crippen molar-refractivity contribution in [3.05, 3.63) is 35.9 Å². The van der Waals surface area contributed by atoms with Gasteiger partial charge in [-0.3, -0.25) is 19.5 Å². The number of aliphatic imine (C=N–C) groups is 1. The number of fused-ring (bicyclic) bond motifs is 1. The van der Waals surface area contributed by atoms with E-state index >= 15 is 0 Å². The summed E-state index contributed by atoms with van der Waals surface area (Å²) in [5.41, 5.74) is 1.27. The highest BCUT2D eigenvalue weighted by atomic mass is 16.5. The van der Waals surface area contributed by atoms with Gasteiger partial charge in [-0.1, -0.05) is 30.3 Å². The highest BCUT2D eigenvalue weighted by Crippen LogP contribution is 2.31. The van der Waals surface area contributed by atoms with E-state index in [4.69, 9.17) is 4.74 Å². The van der Waals surface area contributed by atoms with Gasteiger partial charge in [-0.2, -0.15) is 0 Å². The minimum absolute atomic E-state index is 0.0323. The summed E-state index contributed by atoms with van der Waals surface area (Å²) < 4.78 is 4.92. The number of hydrogen-bond acceptors (Lipinski definition) is 4. The predicted octanol–water partition coefficient (Wildman–Crippen LogP) is 2.52. The largest absolute Gasteiger partial charge is 0.466 e. The Kier molecular flexibility index (Phi) is 4.74. The molecular formula is C18H22N2O3. The van der Waals surface area contributed by atoms with Gasteiger partial charge in [0.25, 0.3) is 5.91 Å². The molecule has 3 rings (SSSR count). The average molecular weight is 314 g/mol. The van der Waals surface area contributed by atoms with E-state index in [0.717, 1.165) is 18.7 Å². The van der Waals surface area contributed by atoms with Crippen molar-refractivity contribution in [1.29, 1.82) is 0 Å². The lowest BCUT2D eigenvalue weighted by Crippen LogP contribution is -2.41. The Morgan fingerprint density at radius 1 is 1.35 bits per heavy atom. The van der Waals surface area contributed by atoms with E-state index in [1.165, 1.54) is 5.56 Å². The maximum Gasteiger partial charge on any atom is 0.305 e. The molecular weight excluding hydrogens is 292 g/mol. The molecule has 23 heavy (non-hydrogen) atoms. The summed E-state index contributed by atoms with van der Waals surface area (Å²) in [5.74, 6) is 1.02. The van der Waals surface area contributed by atoms with Gasteiger partial charge in [-0.15, -0.1) is 0 Å². The summed E-state index contributed by atoms with van der Waals surface area (Å²) in [5, 5.41) is 0. The van der Waals surface area contributed by atoms with Gasteiger partial charge in [-0.25, -0.2) is 0 Å². The molecule has 1 fully saturated rings. The molecule has 0 aromatic heterocycles. The van der Waals surface area contributed by atoms with Crippen molar-refractivity contribution < 1.29 is 14.3 Å². The van der Waals surface area contributed by atoms with Gasteiger partial charge in [0, 0.05) is 25.3 Å². The summed E-state index contributed by atoms with van der Waals surface area (Å²) in [6, 6.07) is 9.90. The Morgan fingerprint density at radius 3 is 2.87 bits per heavy atom. The average Bonchev–Trinajstić information content (AvgIpc) is 2.90. The van der Waals surface area contributed by atoms with Gasteiger partial charge in [0.1, 0.15) is 11.9 Å². The lowest BCUT2D eigenvalue weighted by Gasteiger charge is -2.30. The number of amidine groups is 1. The van der Waals surface area contributed by atoms with Crippen LogP contribution in [0.25, 0.3) is 0 Å². The number of ether oxygens (including phenoxy) is 1.